The van der Waals surface area contributed by atoms with Gasteiger partial charge in [-0.1, -0.05) is 6.92 Å². The first kappa shape index (κ1) is 13.7. The lowest BCUT2D eigenvalue weighted by molar-refractivity contribution is -0.410. The van der Waals surface area contributed by atoms with Crippen LogP contribution in [0, 0.1) is 5.92 Å². The predicted octanol–water partition coefficient (Wildman–Crippen LogP) is -1.26. The molecular weight excluding hydrogens is 244 g/mol. The molecule has 0 aromatic rings. The van der Waals surface area contributed by atoms with E-state index in [0.29, 0.717) is 0 Å². The lowest BCUT2D eigenvalue weighted by Crippen LogP contribution is -2.72. The number of fused-ring (bicyclic) bond motifs is 1. The summed E-state index contributed by atoms with van der Waals surface area (Å²) in [6.07, 6.45) is -1.87. The zero-order chi connectivity index (χ0) is 13.9. The lowest BCUT2D eigenvalue weighted by atomic mass is 9.75. The van der Waals surface area contributed by atoms with Crippen molar-refractivity contribution < 1.29 is 34.3 Å². The molecule has 2 saturated heterocycles. The molecule has 2 aliphatic heterocycles. The minimum Gasteiger partial charge on any atom is -0.449 e. The van der Waals surface area contributed by atoms with E-state index in [1.54, 1.807) is 13.8 Å². The van der Waals surface area contributed by atoms with Gasteiger partial charge in [-0.3, -0.25) is 0 Å². The highest BCUT2D eigenvalue weighted by molar-refractivity contribution is 5.82. The number of hydrogen-bond acceptors (Lipinski definition) is 7. The van der Waals surface area contributed by atoms with Gasteiger partial charge in [-0.25, -0.2) is 4.79 Å². The fourth-order valence-electron chi connectivity index (χ4n) is 2.63. The second kappa shape index (κ2) is 3.64. The van der Waals surface area contributed by atoms with Gasteiger partial charge in [0.15, 0.2) is 6.10 Å². The van der Waals surface area contributed by atoms with Crippen molar-refractivity contribution in [3.8, 4) is 0 Å². The zero-order valence-electron chi connectivity index (χ0n) is 10.7. The van der Waals surface area contributed by atoms with Crippen LogP contribution in [0.15, 0.2) is 0 Å². The molecule has 0 aromatic carbocycles. The van der Waals surface area contributed by atoms with Crippen LogP contribution in [0.5, 0.6) is 0 Å². The molecule has 0 radical (unpaired) electrons. The first-order chi connectivity index (χ1) is 8.11. The Kier molecular flexibility index (Phi) is 2.77. The van der Waals surface area contributed by atoms with Crippen LogP contribution in [-0.2, 0) is 19.0 Å². The van der Waals surface area contributed by atoms with E-state index in [9.17, 15) is 20.1 Å². The quantitative estimate of drug-likeness (QED) is 0.400. The van der Waals surface area contributed by atoms with Crippen LogP contribution in [0.25, 0.3) is 0 Å². The summed E-state index contributed by atoms with van der Waals surface area (Å²) in [7, 11) is 1.16. The molecule has 18 heavy (non-hydrogen) atoms. The van der Waals surface area contributed by atoms with Crippen molar-refractivity contribution in [2.45, 2.75) is 50.2 Å². The average Bonchev–Trinajstić information content (AvgIpc) is 2.48. The Hall–Kier alpha value is -0.730. The number of carbonyl (C=O) groups excluding carboxylic acids is 1. The third-order valence-electron chi connectivity index (χ3n) is 4.16. The maximum Gasteiger partial charge on any atom is 0.373 e. The Labute approximate surface area is 104 Å². The predicted molar refractivity (Wildman–Crippen MR) is 57.1 cm³/mol. The first-order valence-electron chi connectivity index (χ1n) is 5.72. The van der Waals surface area contributed by atoms with E-state index >= 15 is 0 Å². The highest BCUT2D eigenvalue weighted by Gasteiger charge is 2.77. The summed E-state index contributed by atoms with van der Waals surface area (Å²) >= 11 is 0. The summed E-state index contributed by atoms with van der Waals surface area (Å²) in [5.41, 5.74) is -1.50. The Morgan fingerprint density at radius 3 is 2.33 bits per heavy atom. The monoisotopic (exact) mass is 262 g/mol. The molecule has 0 unspecified atom stereocenters. The van der Waals surface area contributed by atoms with Crippen LogP contribution in [0.3, 0.4) is 0 Å². The molecule has 2 aliphatic rings. The van der Waals surface area contributed by atoms with E-state index < -0.39 is 35.4 Å². The van der Waals surface area contributed by atoms with Crippen molar-refractivity contribution in [1.82, 2.24) is 0 Å². The van der Waals surface area contributed by atoms with Gasteiger partial charge in [0.2, 0.25) is 0 Å². The summed E-state index contributed by atoms with van der Waals surface area (Å²) in [4.78, 5) is 11.5. The molecule has 2 heterocycles. The van der Waals surface area contributed by atoms with Crippen LogP contribution >= 0.6 is 0 Å². The van der Waals surface area contributed by atoms with Gasteiger partial charge >= 0.3 is 11.8 Å². The molecule has 2 fully saturated rings. The van der Waals surface area contributed by atoms with Crippen molar-refractivity contribution >= 4 is 5.97 Å². The van der Waals surface area contributed by atoms with Gasteiger partial charge in [-0.15, -0.1) is 0 Å². The molecule has 7 nitrogen and oxygen atoms in total. The van der Waals surface area contributed by atoms with Crippen LogP contribution in [0.2, 0.25) is 0 Å². The Bertz CT molecular complexity index is 378. The molecule has 0 spiro atoms. The van der Waals surface area contributed by atoms with Gasteiger partial charge in [0.25, 0.3) is 5.79 Å². The van der Waals surface area contributed by atoms with Gasteiger partial charge in [-0.2, -0.15) is 0 Å². The third kappa shape index (κ3) is 1.33. The second-order valence-corrected chi connectivity index (χ2v) is 5.17. The molecule has 0 saturated carbocycles. The van der Waals surface area contributed by atoms with E-state index in [2.05, 4.69) is 0 Å². The van der Waals surface area contributed by atoms with E-state index in [0.717, 1.165) is 7.11 Å². The molecule has 0 aliphatic carbocycles. The third-order valence-corrected chi connectivity index (χ3v) is 4.16. The number of esters is 1. The van der Waals surface area contributed by atoms with Crippen molar-refractivity contribution in [3.05, 3.63) is 0 Å². The van der Waals surface area contributed by atoms with E-state index in [1.165, 1.54) is 6.92 Å². The molecule has 0 bridgehead atoms. The van der Waals surface area contributed by atoms with E-state index in [1.807, 2.05) is 0 Å². The van der Waals surface area contributed by atoms with Crippen molar-refractivity contribution in [1.29, 1.82) is 0 Å². The summed E-state index contributed by atoms with van der Waals surface area (Å²) in [5.74, 6) is -6.76. The highest BCUT2D eigenvalue weighted by Crippen LogP contribution is 2.50. The van der Waals surface area contributed by atoms with Crippen molar-refractivity contribution in [2.75, 3.05) is 7.11 Å². The van der Waals surface area contributed by atoms with E-state index in [-0.39, 0.29) is 5.92 Å². The Morgan fingerprint density at radius 1 is 1.28 bits per heavy atom. The minimum absolute atomic E-state index is 0.382. The molecule has 7 heteroatoms. The van der Waals surface area contributed by atoms with Crippen molar-refractivity contribution in [2.24, 2.45) is 5.92 Å². The topological polar surface area (TPSA) is 105 Å². The summed E-state index contributed by atoms with van der Waals surface area (Å²) in [6, 6.07) is 0. The maximum absolute atomic E-state index is 11.5. The minimum atomic E-state index is -2.95. The molecule has 104 valence electrons. The molecule has 0 amide bonds. The SMILES string of the molecule is CO[C@]12O[C@@H](C)[C@@H](C)[C@](C)(O)[C@@H]1OC(=O)C2(O)O. The smallest absolute Gasteiger partial charge is 0.373 e. The summed E-state index contributed by atoms with van der Waals surface area (Å²) in [6.45, 7) is 4.81. The number of methoxy groups -OCH3 is 1. The van der Waals surface area contributed by atoms with Crippen LogP contribution in [0.1, 0.15) is 20.8 Å². The van der Waals surface area contributed by atoms with Gasteiger partial charge in [0.05, 0.1) is 6.10 Å². The number of rotatable bonds is 1. The fourth-order valence-corrected chi connectivity index (χ4v) is 2.63. The van der Waals surface area contributed by atoms with Crippen LogP contribution in [-0.4, -0.2) is 57.8 Å². The molecular formula is C11H18O7. The number of carbonyl (C=O) groups is 1. The molecule has 0 aromatic heterocycles. The standard InChI is InChI=1S/C11H18O7/c1-5-6(2)18-11(16-4)7(9(5,3)13)17-8(12)10(11,14)15/h5-7,13-15H,1-4H3/t5-,6+,7+,9+,11+/m1/s1. The highest BCUT2D eigenvalue weighted by atomic mass is 16.8. The lowest BCUT2D eigenvalue weighted by Gasteiger charge is -2.51. The van der Waals surface area contributed by atoms with Gasteiger partial charge in [-0.05, 0) is 13.8 Å². The fraction of sp³-hybridized carbons (Fsp3) is 0.909. The number of ether oxygens (including phenoxy) is 3. The Morgan fingerprint density at radius 2 is 1.83 bits per heavy atom. The van der Waals surface area contributed by atoms with Crippen LogP contribution in [0.4, 0.5) is 0 Å². The molecule has 3 N–H and O–H groups in total. The summed E-state index contributed by atoms with van der Waals surface area (Å²) < 4.78 is 15.3. The maximum atomic E-state index is 11.5. The summed E-state index contributed by atoms with van der Waals surface area (Å²) in [5, 5.41) is 30.2. The normalized spacial score (nSPS) is 50.8. The zero-order valence-corrected chi connectivity index (χ0v) is 10.7. The second-order valence-electron chi connectivity index (χ2n) is 5.17. The van der Waals surface area contributed by atoms with Crippen molar-refractivity contribution in [3.63, 3.8) is 0 Å². The number of hydrogen-bond donors (Lipinski definition) is 3. The largest absolute Gasteiger partial charge is 0.449 e. The average molecular weight is 262 g/mol. The molecule has 5 atom stereocenters. The molecule has 2 rings (SSSR count). The van der Waals surface area contributed by atoms with E-state index in [4.69, 9.17) is 14.2 Å². The first-order valence-corrected chi connectivity index (χ1v) is 5.72. The van der Waals surface area contributed by atoms with Gasteiger partial charge in [0, 0.05) is 13.0 Å². The number of aliphatic hydroxyl groups is 3. The van der Waals surface area contributed by atoms with Gasteiger partial charge < -0.3 is 29.5 Å². The van der Waals surface area contributed by atoms with Gasteiger partial charge in [0.1, 0.15) is 5.60 Å². The Balaban J connectivity index is 2.56. The van der Waals surface area contributed by atoms with Crippen LogP contribution < -0.4 is 0 Å².